The second-order valence-electron chi connectivity index (χ2n) is 9.84. The van der Waals surface area contributed by atoms with Crippen LogP contribution in [0.1, 0.15) is 17.5 Å². The van der Waals surface area contributed by atoms with E-state index < -0.39 is 5.91 Å². The first-order valence-electron chi connectivity index (χ1n) is 13.3. The Morgan fingerprint density at radius 3 is 2.77 bits per heavy atom. The van der Waals surface area contributed by atoms with Crippen LogP contribution >= 0.6 is 0 Å². The van der Waals surface area contributed by atoms with Gasteiger partial charge < -0.3 is 20.3 Å². The molecule has 0 spiro atoms. The number of anilines is 2. The maximum Gasteiger partial charge on any atom is 0.336 e. The number of aromatic amines is 1. The number of rotatable bonds is 7. The highest BCUT2D eigenvalue weighted by molar-refractivity contribution is 6.03. The van der Waals surface area contributed by atoms with Crippen LogP contribution in [-0.2, 0) is 11.3 Å². The minimum Gasteiger partial charge on any atom is -0.379 e. The summed E-state index contributed by atoms with van der Waals surface area (Å²) >= 11 is 0. The number of imidazole rings is 1. The van der Waals surface area contributed by atoms with Gasteiger partial charge in [-0.15, -0.1) is 5.10 Å². The average molecular weight is 533 g/mol. The van der Waals surface area contributed by atoms with Crippen LogP contribution in [0.3, 0.4) is 0 Å². The number of H-pyrrole nitrogens is 1. The lowest BCUT2D eigenvalue weighted by Crippen LogP contribution is -2.49. The van der Waals surface area contributed by atoms with Gasteiger partial charge in [0, 0.05) is 58.1 Å². The van der Waals surface area contributed by atoms with Gasteiger partial charge in [0.05, 0.1) is 41.8 Å². The van der Waals surface area contributed by atoms with Crippen LogP contribution < -0.4 is 21.2 Å². The van der Waals surface area contributed by atoms with Crippen LogP contribution in [0.25, 0.3) is 17.0 Å². The van der Waals surface area contributed by atoms with Gasteiger partial charge in [0.2, 0.25) is 5.82 Å². The van der Waals surface area contributed by atoms with Crippen LogP contribution in [0.4, 0.5) is 11.4 Å². The fourth-order valence-corrected chi connectivity index (χ4v) is 5.23. The Bertz CT molecular complexity index is 1520. The van der Waals surface area contributed by atoms with Crippen LogP contribution in [-0.4, -0.2) is 98.6 Å². The summed E-state index contributed by atoms with van der Waals surface area (Å²) in [6.45, 7) is 8.98. The molecular formula is C26H32N10O3. The molecule has 13 heteroatoms. The molecule has 6 rings (SSSR count). The number of amides is 1. The third-order valence-corrected chi connectivity index (χ3v) is 7.22. The summed E-state index contributed by atoms with van der Waals surface area (Å²) in [6, 6.07) is 9.76. The number of hydrogen-bond donors (Lipinski definition) is 3. The molecule has 0 saturated carbocycles. The molecule has 1 unspecified atom stereocenters. The van der Waals surface area contributed by atoms with Crippen molar-refractivity contribution >= 4 is 28.3 Å². The van der Waals surface area contributed by atoms with E-state index in [4.69, 9.17) is 4.74 Å². The fraction of sp³-hybridized carbons (Fsp3) is 0.423. The molecule has 2 saturated heterocycles. The SMILES string of the molecule is CC1CN(c2ccncc2NC(=O)c2nc(-n3c(=O)n(CCN4CCOCC4)c4ccccc43)n[nH]2)CCN1. The van der Waals surface area contributed by atoms with Crippen molar-refractivity contribution in [2.75, 3.05) is 62.7 Å². The van der Waals surface area contributed by atoms with E-state index in [1.807, 2.05) is 30.3 Å². The molecule has 0 radical (unpaired) electrons. The molecule has 1 aromatic carbocycles. The summed E-state index contributed by atoms with van der Waals surface area (Å²) in [5, 5.41) is 13.3. The molecule has 3 N–H and O–H groups in total. The second kappa shape index (κ2) is 11.0. The number of piperazine rings is 1. The van der Waals surface area contributed by atoms with Crippen LogP contribution in [0.2, 0.25) is 0 Å². The molecule has 4 aromatic rings. The van der Waals surface area contributed by atoms with Crippen molar-refractivity contribution in [3.8, 4) is 5.95 Å². The summed E-state index contributed by atoms with van der Waals surface area (Å²) in [5.41, 5.74) is 2.70. The number of pyridine rings is 1. The third-order valence-electron chi connectivity index (χ3n) is 7.22. The lowest BCUT2D eigenvalue weighted by atomic mass is 10.2. The van der Waals surface area contributed by atoms with E-state index in [0.29, 0.717) is 37.0 Å². The topological polar surface area (TPSA) is 138 Å². The van der Waals surface area contributed by atoms with Crippen molar-refractivity contribution < 1.29 is 9.53 Å². The van der Waals surface area contributed by atoms with Crippen LogP contribution in [0.15, 0.2) is 47.5 Å². The maximum atomic E-state index is 13.5. The van der Waals surface area contributed by atoms with E-state index in [-0.39, 0.29) is 17.5 Å². The van der Waals surface area contributed by atoms with Gasteiger partial charge in [-0.05, 0) is 25.1 Å². The van der Waals surface area contributed by atoms with Crippen molar-refractivity contribution in [3.63, 3.8) is 0 Å². The van der Waals surface area contributed by atoms with Gasteiger partial charge in [-0.3, -0.25) is 24.3 Å². The molecule has 13 nitrogen and oxygen atoms in total. The summed E-state index contributed by atoms with van der Waals surface area (Å²) in [5.74, 6) is -0.338. The van der Waals surface area contributed by atoms with Crippen molar-refractivity contribution in [2.45, 2.75) is 19.5 Å². The van der Waals surface area contributed by atoms with Crippen molar-refractivity contribution in [2.24, 2.45) is 0 Å². The maximum absolute atomic E-state index is 13.5. The summed E-state index contributed by atoms with van der Waals surface area (Å²) in [6.07, 6.45) is 3.34. The predicted molar refractivity (Wildman–Crippen MR) is 147 cm³/mol. The molecule has 2 fully saturated rings. The molecular weight excluding hydrogens is 500 g/mol. The average Bonchev–Trinajstić information content (AvgIpc) is 3.55. The second-order valence-corrected chi connectivity index (χ2v) is 9.84. The zero-order valence-electron chi connectivity index (χ0n) is 21.8. The van der Waals surface area contributed by atoms with Gasteiger partial charge in [0.1, 0.15) is 0 Å². The first-order valence-corrected chi connectivity index (χ1v) is 13.3. The van der Waals surface area contributed by atoms with Crippen LogP contribution in [0.5, 0.6) is 0 Å². The molecule has 204 valence electrons. The van der Waals surface area contributed by atoms with Crippen molar-refractivity contribution in [3.05, 3.63) is 59.0 Å². The number of ether oxygens (including phenoxy) is 1. The monoisotopic (exact) mass is 532 g/mol. The fourth-order valence-electron chi connectivity index (χ4n) is 5.23. The van der Waals surface area contributed by atoms with Crippen molar-refractivity contribution in [1.82, 2.24) is 39.5 Å². The van der Waals surface area contributed by atoms with Crippen LogP contribution in [0, 0.1) is 0 Å². The lowest BCUT2D eigenvalue weighted by Gasteiger charge is -2.34. The number of morpholine rings is 1. The van der Waals surface area contributed by atoms with E-state index in [9.17, 15) is 9.59 Å². The van der Waals surface area contributed by atoms with E-state index in [1.165, 1.54) is 4.57 Å². The smallest absolute Gasteiger partial charge is 0.336 e. The summed E-state index contributed by atoms with van der Waals surface area (Å²) in [7, 11) is 0. The quantitative estimate of drug-likeness (QED) is 0.314. The number of carbonyl (C=O) groups excluding carboxylic acids is 1. The predicted octanol–water partition coefficient (Wildman–Crippen LogP) is 0.688. The van der Waals surface area contributed by atoms with E-state index in [2.05, 4.69) is 47.5 Å². The minimum absolute atomic E-state index is 0.00512. The molecule has 3 aromatic heterocycles. The number of aromatic nitrogens is 6. The molecule has 0 aliphatic carbocycles. The number of para-hydroxylation sites is 2. The Morgan fingerprint density at radius 2 is 1.95 bits per heavy atom. The number of nitrogens with one attached hydrogen (secondary N) is 3. The number of fused-ring (bicyclic) bond motifs is 1. The zero-order chi connectivity index (χ0) is 26.8. The standard InChI is InChI=1S/C26H32N10O3/c1-18-17-34(9-8-28-18)20-6-7-27-16-19(20)29-24(37)23-30-25(32-31-23)36-22-5-3-2-4-21(22)35(26(36)38)11-10-33-12-14-39-15-13-33/h2-7,16,18,28H,8-15,17H2,1H3,(H,29,37)(H,30,31,32). The largest absolute Gasteiger partial charge is 0.379 e. The Hall–Kier alpha value is -4.07. The van der Waals surface area contributed by atoms with E-state index >= 15 is 0 Å². The Balaban J connectivity index is 1.25. The number of benzene rings is 1. The highest BCUT2D eigenvalue weighted by atomic mass is 16.5. The van der Waals surface area contributed by atoms with Gasteiger partial charge in [-0.1, -0.05) is 12.1 Å². The minimum atomic E-state index is -0.463. The molecule has 39 heavy (non-hydrogen) atoms. The number of hydrogen-bond acceptors (Lipinski definition) is 9. The molecule has 2 aliphatic heterocycles. The summed E-state index contributed by atoms with van der Waals surface area (Å²) in [4.78, 5) is 39.8. The number of nitrogens with zero attached hydrogens (tertiary/aromatic N) is 7. The highest BCUT2D eigenvalue weighted by Gasteiger charge is 2.23. The Morgan fingerprint density at radius 1 is 1.13 bits per heavy atom. The molecule has 0 bridgehead atoms. The first kappa shape index (κ1) is 25.2. The Labute approximate surface area is 224 Å². The van der Waals surface area contributed by atoms with Gasteiger partial charge in [0.25, 0.3) is 11.9 Å². The normalized spacial score (nSPS) is 18.5. The molecule has 1 atom stereocenters. The number of carbonyl (C=O) groups is 1. The summed E-state index contributed by atoms with van der Waals surface area (Å²) < 4.78 is 8.61. The zero-order valence-corrected chi connectivity index (χ0v) is 21.8. The van der Waals surface area contributed by atoms with E-state index in [0.717, 1.165) is 50.5 Å². The molecule has 5 heterocycles. The first-order chi connectivity index (χ1) is 19.1. The van der Waals surface area contributed by atoms with Gasteiger partial charge >= 0.3 is 5.69 Å². The molecule has 1 amide bonds. The van der Waals surface area contributed by atoms with E-state index in [1.54, 1.807) is 17.0 Å². The van der Waals surface area contributed by atoms with Crippen molar-refractivity contribution in [1.29, 1.82) is 0 Å². The Kier molecular flexibility index (Phi) is 7.09. The highest BCUT2D eigenvalue weighted by Crippen LogP contribution is 2.26. The van der Waals surface area contributed by atoms with Gasteiger partial charge in [-0.25, -0.2) is 9.36 Å². The van der Waals surface area contributed by atoms with Gasteiger partial charge in [-0.2, -0.15) is 4.98 Å². The lowest BCUT2D eigenvalue weighted by molar-refractivity contribution is 0.0364. The molecule has 2 aliphatic rings. The van der Waals surface area contributed by atoms with Gasteiger partial charge in [0.15, 0.2) is 0 Å². The third kappa shape index (κ3) is 5.15.